The van der Waals surface area contributed by atoms with Crippen molar-refractivity contribution in [3.8, 4) is 0 Å². The van der Waals surface area contributed by atoms with Gasteiger partial charge in [0.1, 0.15) is 0 Å². The molecule has 22 heavy (non-hydrogen) atoms. The average molecular weight is 311 g/mol. The summed E-state index contributed by atoms with van der Waals surface area (Å²) >= 11 is 0. The van der Waals surface area contributed by atoms with Crippen LogP contribution in [-0.2, 0) is 19.1 Å². The Morgan fingerprint density at radius 2 is 1.91 bits per heavy atom. The van der Waals surface area contributed by atoms with E-state index in [9.17, 15) is 14.4 Å². The van der Waals surface area contributed by atoms with Gasteiger partial charge < -0.3 is 15.0 Å². The van der Waals surface area contributed by atoms with Crippen molar-refractivity contribution in [3.05, 3.63) is 0 Å². The number of carbonyl (C=O) groups excluding carboxylic acids is 3. The Morgan fingerprint density at radius 3 is 2.55 bits per heavy atom. The van der Waals surface area contributed by atoms with E-state index in [-0.39, 0.29) is 29.7 Å². The molecule has 1 N–H and O–H groups in total. The van der Waals surface area contributed by atoms with Crippen molar-refractivity contribution < 1.29 is 19.1 Å². The number of nitrogens with zero attached hydrogens (tertiary/aromatic N) is 2. The minimum atomic E-state index is -0.234. The fourth-order valence-corrected chi connectivity index (χ4v) is 3.09. The largest absolute Gasteiger partial charge is 0.469 e. The zero-order valence-electron chi connectivity index (χ0n) is 13.3. The van der Waals surface area contributed by atoms with Gasteiger partial charge in [-0.2, -0.15) is 0 Å². The Kier molecular flexibility index (Phi) is 5.76. The van der Waals surface area contributed by atoms with Crippen LogP contribution in [0.2, 0.25) is 0 Å². The molecule has 0 bridgehead atoms. The number of ether oxygens (including phenoxy) is 1. The summed E-state index contributed by atoms with van der Waals surface area (Å²) in [5, 5.41) is 2.82. The Labute approximate surface area is 131 Å². The van der Waals surface area contributed by atoms with Gasteiger partial charge in [-0.15, -0.1) is 0 Å². The molecule has 2 saturated heterocycles. The quantitative estimate of drug-likeness (QED) is 0.718. The fourth-order valence-electron chi connectivity index (χ4n) is 3.09. The Bertz CT molecular complexity index is 433. The van der Waals surface area contributed by atoms with Gasteiger partial charge in [0.25, 0.3) is 0 Å². The third-order valence-corrected chi connectivity index (χ3v) is 4.59. The van der Waals surface area contributed by atoms with Crippen LogP contribution < -0.4 is 5.32 Å². The number of amides is 2. The molecule has 7 heteroatoms. The molecular formula is C15H25N3O4. The Morgan fingerprint density at radius 1 is 1.23 bits per heavy atom. The number of hydrogen-bond acceptors (Lipinski definition) is 5. The molecule has 1 atom stereocenters. The smallest absolute Gasteiger partial charge is 0.308 e. The normalized spacial score (nSPS) is 22.6. The van der Waals surface area contributed by atoms with E-state index in [1.807, 2.05) is 16.7 Å². The van der Waals surface area contributed by atoms with Gasteiger partial charge in [-0.05, 0) is 19.8 Å². The van der Waals surface area contributed by atoms with Gasteiger partial charge >= 0.3 is 5.97 Å². The number of carbonyl (C=O) groups is 3. The van der Waals surface area contributed by atoms with E-state index < -0.39 is 0 Å². The number of nitrogens with one attached hydrogen (secondary N) is 1. The molecule has 1 unspecified atom stereocenters. The lowest BCUT2D eigenvalue weighted by molar-refractivity contribution is -0.149. The number of methoxy groups -OCH3 is 1. The SMILES string of the molecule is COC(=O)C1CCN(C(=O)C(C)N2CCNC(=O)CC2)CC1. The summed E-state index contributed by atoms with van der Waals surface area (Å²) in [6.45, 7) is 4.96. The second kappa shape index (κ2) is 7.58. The first-order valence-electron chi connectivity index (χ1n) is 7.90. The van der Waals surface area contributed by atoms with Crippen LogP contribution in [0.25, 0.3) is 0 Å². The van der Waals surface area contributed by atoms with Gasteiger partial charge in [0, 0.05) is 39.1 Å². The van der Waals surface area contributed by atoms with Gasteiger partial charge in [0.05, 0.1) is 19.1 Å². The maximum Gasteiger partial charge on any atom is 0.308 e. The standard InChI is InChI=1S/C15H25N3O4/c1-11(17-9-5-13(19)16-6-10-17)14(20)18-7-3-12(4-8-18)15(21)22-2/h11-12H,3-10H2,1-2H3,(H,16,19). The molecule has 0 aromatic rings. The summed E-state index contributed by atoms with van der Waals surface area (Å²) < 4.78 is 4.76. The molecule has 2 fully saturated rings. The molecule has 0 radical (unpaired) electrons. The highest BCUT2D eigenvalue weighted by atomic mass is 16.5. The summed E-state index contributed by atoms with van der Waals surface area (Å²) in [6.07, 6.45) is 1.75. The highest BCUT2D eigenvalue weighted by Crippen LogP contribution is 2.20. The molecule has 0 spiro atoms. The molecular weight excluding hydrogens is 286 g/mol. The van der Waals surface area contributed by atoms with E-state index in [1.54, 1.807) is 0 Å². The molecule has 7 nitrogen and oxygen atoms in total. The van der Waals surface area contributed by atoms with Crippen molar-refractivity contribution in [2.75, 3.05) is 39.8 Å². The lowest BCUT2D eigenvalue weighted by atomic mass is 9.96. The van der Waals surface area contributed by atoms with Crippen LogP contribution in [0.3, 0.4) is 0 Å². The Balaban J connectivity index is 1.86. The predicted octanol–water partition coefficient (Wildman–Crippen LogP) is -0.392. The van der Waals surface area contributed by atoms with Gasteiger partial charge in [-0.25, -0.2) is 0 Å². The van der Waals surface area contributed by atoms with Gasteiger partial charge in [-0.1, -0.05) is 0 Å². The molecule has 2 heterocycles. The number of likely N-dealkylation sites (tertiary alicyclic amines) is 1. The molecule has 0 aromatic heterocycles. The number of rotatable bonds is 3. The highest BCUT2D eigenvalue weighted by Gasteiger charge is 2.32. The zero-order chi connectivity index (χ0) is 16.1. The number of hydrogen-bond donors (Lipinski definition) is 1. The van der Waals surface area contributed by atoms with Crippen molar-refractivity contribution in [1.29, 1.82) is 0 Å². The van der Waals surface area contributed by atoms with Crippen LogP contribution in [0.15, 0.2) is 0 Å². The molecule has 2 aliphatic heterocycles. The number of esters is 1. The zero-order valence-corrected chi connectivity index (χ0v) is 13.3. The molecule has 0 aromatic carbocycles. The summed E-state index contributed by atoms with van der Waals surface area (Å²) in [7, 11) is 1.40. The summed E-state index contributed by atoms with van der Waals surface area (Å²) in [5.41, 5.74) is 0. The van der Waals surface area contributed by atoms with Gasteiger partial charge in [0.2, 0.25) is 11.8 Å². The summed E-state index contributed by atoms with van der Waals surface area (Å²) in [6, 6.07) is -0.234. The maximum atomic E-state index is 12.6. The van der Waals surface area contributed by atoms with Crippen LogP contribution in [0, 0.1) is 5.92 Å². The first kappa shape index (κ1) is 16.7. The van der Waals surface area contributed by atoms with E-state index >= 15 is 0 Å². The van der Waals surface area contributed by atoms with Crippen LogP contribution in [0.5, 0.6) is 0 Å². The summed E-state index contributed by atoms with van der Waals surface area (Å²) in [4.78, 5) is 39.4. The Hall–Kier alpha value is -1.63. The van der Waals surface area contributed by atoms with Crippen molar-refractivity contribution >= 4 is 17.8 Å². The number of piperidine rings is 1. The van der Waals surface area contributed by atoms with Crippen molar-refractivity contribution in [2.45, 2.75) is 32.2 Å². The maximum absolute atomic E-state index is 12.6. The molecule has 2 aliphatic rings. The van der Waals surface area contributed by atoms with Crippen molar-refractivity contribution in [1.82, 2.24) is 15.1 Å². The van der Waals surface area contributed by atoms with E-state index in [1.165, 1.54) is 7.11 Å². The van der Waals surface area contributed by atoms with E-state index in [0.717, 1.165) is 0 Å². The minimum absolute atomic E-state index is 0.0426. The molecule has 124 valence electrons. The van der Waals surface area contributed by atoms with E-state index in [4.69, 9.17) is 4.74 Å². The third-order valence-electron chi connectivity index (χ3n) is 4.59. The minimum Gasteiger partial charge on any atom is -0.469 e. The molecule has 0 saturated carbocycles. The summed E-state index contributed by atoms with van der Waals surface area (Å²) in [5.74, 6) is -0.152. The average Bonchev–Trinajstić information content (AvgIpc) is 2.77. The second-order valence-corrected chi connectivity index (χ2v) is 5.93. The lowest BCUT2D eigenvalue weighted by Crippen LogP contribution is -2.50. The third kappa shape index (κ3) is 3.97. The first-order chi connectivity index (χ1) is 10.5. The molecule has 2 amide bonds. The van der Waals surface area contributed by atoms with Crippen LogP contribution >= 0.6 is 0 Å². The van der Waals surface area contributed by atoms with Gasteiger partial charge in [-0.3, -0.25) is 19.3 Å². The van der Waals surface area contributed by atoms with E-state index in [0.29, 0.717) is 52.0 Å². The van der Waals surface area contributed by atoms with Crippen LogP contribution in [0.1, 0.15) is 26.2 Å². The predicted molar refractivity (Wildman–Crippen MR) is 80.0 cm³/mol. The second-order valence-electron chi connectivity index (χ2n) is 5.93. The first-order valence-corrected chi connectivity index (χ1v) is 7.90. The van der Waals surface area contributed by atoms with Gasteiger partial charge in [0.15, 0.2) is 0 Å². The van der Waals surface area contributed by atoms with Crippen LogP contribution in [0.4, 0.5) is 0 Å². The fraction of sp³-hybridized carbons (Fsp3) is 0.800. The van der Waals surface area contributed by atoms with E-state index in [2.05, 4.69) is 5.32 Å². The van der Waals surface area contributed by atoms with Crippen molar-refractivity contribution in [3.63, 3.8) is 0 Å². The highest BCUT2D eigenvalue weighted by molar-refractivity contribution is 5.82. The van der Waals surface area contributed by atoms with Crippen molar-refractivity contribution in [2.24, 2.45) is 5.92 Å². The van der Waals surface area contributed by atoms with Crippen LogP contribution in [-0.4, -0.2) is 73.5 Å². The monoisotopic (exact) mass is 311 g/mol. The lowest BCUT2D eigenvalue weighted by Gasteiger charge is -2.35. The molecule has 0 aliphatic carbocycles. The topological polar surface area (TPSA) is 79.0 Å². The molecule has 2 rings (SSSR count).